The maximum atomic E-state index is 11.5. The molecule has 0 aromatic heterocycles. The summed E-state index contributed by atoms with van der Waals surface area (Å²) in [7, 11) is 0. The molecule has 2 amide bonds. The fourth-order valence-corrected chi connectivity index (χ4v) is 1.32. The highest BCUT2D eigenvalue weighted by molar-refractivity contribution is 5.82. The second-order valence-corrected chi connectivity index (χ2v) is 3.81. The van der Waals surface area contributed by atoms with Crippen molar-refractivity contribution in [3.8, 4) is 0 Å². The van der Waals surface area contributed by atoms with Gasteiger partial charge in [0.1, 0.15) is 6.04 Å². The van der Waals surface area contributed by atoms with Crippen molar-refractivity contribution in [1.29, 1.82) is 0 Å². The molecule has 0 saturated carbocycles. The Hall–Kier alpha value is -2.04. The maximum Gasteiger partial charge on any atom is 0.325 e. The van der Waals surface area contributed by atoms with Crippen LogP contribution < -0.4 is 10.6 Å². The largest absolute Gasteiger partial charge is 0.480 e. The summed E-state index contributed by atoms with van der Waals surface area (Å²) in [5.41, 5.74) is 0.964. The monoisotopic (exact) mass is 236 g/mol. The molecule has 0 aliphatic heterocycles. The molecule has 92 valence electrons. The van der Waals surface area contributed by atoms with Crippen LogP contribution in [-0.2, 0) is 4.79 Å². The summed E-state index contributed by atoms with van der Waals surface area (Å²) in [4.78, 5) is 22.0. The van der Waals surface area contributed by atoms with Gasteiger partial charge in [0, 0.05) is 0 Å². The number of aliphatic carboxylic acids is 1. The number of hydrogen-bond donors (Lipinski definition) is 3. The third-order valence-corrected chi connectivity index (χ3v) is 2.37. The van der Waals surface area contributed by atoms with Crippen LogP contribution in [0.5, 0.6) is 0 Å². The van der Waals surface area contributed by atoms with Gasteiger partial charge in [-0.3, -0.25) is 4.79 Å². The molecule has 0 bridgehead atoms. The molecule has 1 aromatic rings. The molecule has 0 radical (unpaired) electrons. The molecule has 0 fully saturated rings. The highest BCUT2D eigenvalue weighted by Crippen LogP contribution is 2.10. The fraction of sp³-hybridized carbons (Fsp3) is 0.333. The van der Waals surface area contributed by atoms with Gasteiger partial charge in [0.2, 0.25) is 0 Å². The van der Waals surface area contributed by atoms with Crippen molar-refractivity contribution in [2.24, 2.45) is 0 Å². The minimum absolute atomic E-state index is 0.169. The summed E-state index contributed by atoms with van der Waals surface area (Å²) in [5.74, 6) is -1.06. The number of amides is 2. The average molecular weight is 236 g/mol. The molecule has 5 heteroatoms. The van der Waals surface area contributed by atoms with E-state index in [1.807, 2.05) is 37.3 Å². The third kappa shape index (κ3) is 4.14. The smallest absolute Gasteiger partial charge is 0.325 e. The van der Waals surface area contributed by atoms with E-state index in [0.717, 1.165) is 5.56 Å². The lowest BCUT2D eigenvalue weighted by molar-refractivity contribution is -0.138. The van der Waals surface area contributed by atoms with E-state index in [1.165, 1.54) is 6.92 Å². The second kappa shape index (κ2) is 5.89. The van der Waals surface area contributed by atoms with Crippen molar-refractivity contribution < 1.29 is 14.7 Å². The molecule has 0 heterocycles. The zero-order valence-corrected chi connectivity index (χ0v) is 9.81. The van der Waals surface area contributed by atoms with Gasteiger partial charge in [-0.1, -0.05) is 30.3 Å². The highest BCUT2D eigenvalue weighted by Gasteiger charge is 2.15. The molecule has 0 saturated heterocycles. The van der Waals surface area contributed by atoms with E-state index in [0.29, 0.717) is 0 Å². The number of carboxylic acid groups (broad SMARTS) is 1. The molecule has 0 spiro atoms. The standard InChI is InChI=1S/C12H16N2O3/c1-8(10-6-4-3-5-7-10)13-12(17)14-9(2)11(15)16/h3-9H,1-2H3,(H,15,16)(H2,13,14,17)/t8-,9-/m1/s1. The molecule has 2 atom stereocenters. The lowest BCUT2D eigenvalue weighted by Crippen LogP contribution is -2.45. The van der Waals surface area contributed by atoms with Crippen LogP contribution in [0.2, 0.25) is 0 Å². The van der Waals surface area contributed by atoms with E-state index in [4.69, 9.17) is 5.11 Å². The van der Waals surface area contributed by atoms with Crippen molar-refractivity contribution in [1.82, 2.24) is 10.6 Å². The van der Waals surface area contributed by atoms with Gasteiger partial charge in [-0.05, 0) is 19.4 Å². The molecular formula is C12H16N2O3. The average Bonchev–Trinajstić information content (AvgIpc) is 2.29. The Bertz CT molecular complexity index is 392. The Morgan fingerprint density at radius 1 is 1.12 bits per heavy atom. The number of carbonyl (C=O) groups is 2. The van der Waals surface area contributed by atoms with Gasteiger partial charge in [-0.2, -0.15) is 0 Å². The second-order valence-electron chi connectivity index (χ2n) is 3.81. The van der Waals surface area contributed by atoms with Crippen LogP contribution in [0.25, 0.3) is 0 Å². The van der Waals surface area contributed by atoms with Gasteiger partial charge in [0.05, 0.1) is 6.04 Å². The summed E-state index contributed by atoms with van der Waals surface area (Å²) in [6.45, 7) is 3.25. The molecule has 0 unspecified atom stereocenters. The predicted molar refractivity (Wildman–Crippen MR) is 63.6 cm³/mol. The van der Waals surface area contributed by atoms with Gasteiger partial charge in [0.25, 0.3) is 0 Å². The van der Waals surface area contributed by atoms with Crippen molar-refractivity contribution in [3.05, 3.63) is 35.9 Å². The van der Waals surface area contributed by atoms with Crippen molar-refractivity contribution in [2.75, 3.05) is 0 Å². The highest BCUT2D eigenvalue weighted by atomic mass is 16.4. The van der Waals surface area contributed by atoms with Crippen LogP contribution >= 0.6 is 0 Å². The Labute approximate surface area is 99.8 Å². The number of urea groups is 1. The van der Waals surface area contributed by atoms with Gasteiger partial charge in [-0.25, -0.2) is 4.79 Å². The Balaban J connectivity index is 2.49. The van der Waals surface area contributed by atoms with Gasteiger partial charge in [-0.15, -0.1) is 0 Å². The van der Waals surface area contributed by atoms with E-state index in [9.17, 15) is 9.59 Å². The number of benzene rings is 1. The van der Waals surface area contributed by atoms with Gasteiger partial charge >= 0.3 is 12.0 Å². The van der Waals surface area contributed by atoms with Crippen LogP contribution in [0.4, 0.5) is 4.79 Å². The van der Waals surface area contributed by atoms with E-state index >= 15 is 0 Å². The maximum absolute atomic E-state index is 11.5. The van der Waals surface area contributed by atoms with Crippen LogP contribution in [0.1, 0.15) is 25.5 Å². The molecule has 0 aliphatic rings. The summed E-state index contributed by atoms with van der Waals surface area (Å²) >= 11 is 0. The number of nitrogens with one attached hydrogen (secondary N) is 2. The third-order valence-electron chi connectivity index (χ3n) is 2.37. The molecular weight excluding hydrogens is 220 g/mol. The lowest BCUT2D eigenvalue weighted by atomic mass is 10.1. The van der Waals surface area contributed by atoms with Crippen LogP contribution in [0.3, 0.4) is 0 Å². The number of carboxylic acids is 1. The first-order chi connectivity index (χ1) is 8.00. The first-order valence-electron chi connectivity index (χ1n) is 5.35. The number of hydrogen-bond acceptors (Lipinski definition) is 2. The molecule has 1 aromatic carbocycles. The quantitative estimate of drug-likeness (QED) is 0.741. The minimum atomic E-state index is -1.06. The van der Waals surface area contributed by atoms with Gasteiger partial charge in [0.15, 0.2) is 0 Å². The molecule has 5 nitrogen and oxygen atoms in total. The fourth-order valence-electron chi connectivity index (χ4n) is 1.32. The van der Waals surface area contributed by atoms with E-state index in [-0.39, 0.29) is 6.04 Å². The summed E-state index contributed by atoms with van der Waals surface area (Å²) in [5, 5.41) is 13.6. The van der Waals surface area contributed by atoms with Crippen LogP contribution in [-0.4, -0.2) is 23.1 Å². The first-order valence-corrected chi connectivity index (χ1v) is 5.35. The molecule has 1 rings (SSSR count). The first kappa shape index (κ1) is 13.0. The Morgan fingerprint density at radius 2 is 1.71 bits per heavy atom. The van der Waals surface area contributed by atoms with E-state index in [2.05, 4.69) is 10.6 Å². The summed E-state index contributed by atoms with van der Waals surface area (Å²) in [6.07, 6.45) is 0. The Morgan fingerprint density at radius 3 is 2.24 bits per heavy atom. The van der Waals surface area contributed by atoms with Crippen molar-refractivity contribution in [3.63, 3.8) is 0 Å². The van der Waals surface area contributed by atoms with Crippen LogP contribution in [0.15, 0.2) is 30.3 Å². The van der Waals surface area contributed by atoms with Crippen LogP contribution in [0, 0.1) is 0 Å². The topological polar surface area (TPSA) is 78.4 Å². The number of carbonyl (C=O) groups excluding carboxylic acids is 1. The Kier molecular flexibility index (Phi) is 4.51. The zero-order chi connectivity index (χ0) is 12.8. The van der Waals surface area contributed by atoms with Crippen molar-refractivity contribution >= 4 is 12.0 Å². The number of rotatable bonds is 4. The van der Waals surface area contributed by atoms with Crippen molar-refractivity contribution in [2.45, 2.75) is 25.9 Å². The SMILES string of the molecule is C[C@@H](NC(=O)N[C@H](C)c1ccccc1)C(=O)O. The molecule has 3 N–H and O–H groups in total. The van der Waals surface area contributed by atoms with Gasteiger partial charge < -0.3 is 15.7 Å². The minimum Gasteiger partial charge on any atom is -0.480 e. The zero-order valence-electron chi connectivity index (χ0n) is 9.81. The lowest BCUT2D eigenvalue weighted by Gasteiger charge is -2.16. The molecule has 17 heavy (non-hydrogen) atoms. The van der Waals surface area contributed by atoms with E-state index in [1.54, 1.807) is 0 Å². The summed E-state index contributed by atoms with van der Waals surface area (Å²) < 4.78 is 0. The predicted octanol–water partition coefficient (Wildman–Crippen LogP) is 1.52. The molecule has 0 aliphatic carbocycles. The summed E-state index contributed by atoms with van der Waals surface area (Å²) in [6, 6.07) is 7.88. The van der Waals surface area contributed by atoms with E-state index < -0.39 is 18.0 Å². The normalized spacial score (nSPS) is 13.5.